The summed E-state index contributed by atoms with van der Waals surface area (Å²) in [6.07, 6.45) is 0.438. The maximum absolute atomic E-state index is 12.9. The Bertz CT molecular complexity index is 1360. The third-order valence-corrected chi connectivity index (χ3v) is 7.22. The number of nitrogens with zero attached hydrogens (tertiary/aromatic N) is 5. The van der Waals surface area contributed by atoms with Crippen molar-refractivity contribution in [2.24, 2.45) is 5.92 Å². The fraction of sp³-hybridized carbons (Fsp3) is 0.444. The van der Waals surface area contributed by atoms with Crippen LogP contribution in [0.15, 0.2) is 42.6 Å². The zero-order valence-corrected chi connectivity index (χ0v) is 20.8. The van der Waals surface area contributed by atoms with Crippen LogP contribution < -0.4 is 0 Å². The lowest BCUT2D eigenvalue weighted by atomic mass is 9.95. The number of Topliss-reactive ketones (excluding diaryl/α,β-unsaturated/α-hetero) is 1. The first-order chi connectivity index (χ1) is 18.2. The van der Waals surface area contributed by atoms with Crippen molar-refractivity contribution in [3.8, 4) is 0 Å². The Labute approximate surface area is 217 Å². The molecule has 0 unspecified atom stereocenters. The molecule has 3 aromatic rings. The van der Waals surface area contributed by atoms with Gasteiger partial charge in [-0.25, -0.2) is 4.98 Å². The quantitative estimate of drug-likeness (QED) is 0.456. The number of aromatic nitrogens is 3. The molecule has 1 aromatic carbocycles. The van der Waals surface area contributed by atoms with Crippen LogP contribution in [0.2, 0.25) is 0 Å². The maximum Gasteiger partial charge on any atom is 0.433 e. The van der Waals surface area contributed by atoms with E-state index in [-0.39, 0.29) is 36.4 Å². The van der Waals surface area contributed by atoms with Gasteiger partial charge in [-0.05, 0) is 55.5 Å². The molecule has 0 bridgehead atoms. The number of ketones is 1. The lowest BCUT2D eigenvalue weighted by molar-refractivity contribution is -0.141. The van der Waals surface area contributed by atoms with Crippen LogP contribution in [-0.4, -0.2) is 68.3 Å². The summed E-state index contributed by atoms with van der Waals surface area (Å²) in [4.78, 5) is 45.3. The molecule has 0 saturated carbocycles. The molecule has 5 rings (SSSR count). The van der Waals surface area contributed by atoms with Crippen LogP contribution in [-0.2, 0) is 28.7 Å². The van der Waals surface area contributed by atoms with Crippen molar-refractivity contribution in [2.75, 3.05) is 26.2 Å². The first kappa shape index (κ1) is 25.9. The van der Waals surface area contributed by atoms with Gasteiger partial charge in [0, 0.05) is 50.1 Å². The van der Waals surface area contributed by atoms with Gasteiger partial charge in [0.1, 0.15) is 17.9 Å². The summed E-state index contributed by atoms with van der Waals surface area (Å²) >= 11 is 0. The van der Waals surface area contributed by atoms with Crippen molar-refractivity contribution in [1.82, 2.24) is 24.6 Å². The molecule has 38 heavy (non-hydrogen) atoms. The lowest BCUT2D eigenvalue weighted by Crippen LogP contribution is -2.44. The SMILES string of the molecule is O=C(Cc1ccc2nn(CC(=O)N3CCC(C(=O)N4CCCC4)CC3)cc2c1)c1cccc(C(F)(F)F)n1. The number of piperidine rings is 1. The average Bonchev–Trinajstić information content (AvgIpc) is 3.58. The lowest BCUT2D eigenvalue weighted by Gasteiger charge is -2.33. The van der Waals surface area contributed by atoms with E-state index < -0.39 is 17.7 Å². The number of carbonyl (C=O) groups excluding carboxylic acids is 3. The van der Waals surface area contributed by atoms with Crippen LogP contribution >= 0.6 is 0 Å². The highest BCUT2D eigenvalue weighted by Crippen LogP contribution is 2.28. The minimum atomic E-state index is -4.62. The monoisotopic (exact) mass is 527 g/mol. The number of hydrogen-bond acceptors (Lipinski definition) is 5. The molecule has 2 fully saturated rings. The Morgan fingerprint density at radius 1 is 0.947 bits per heavy atom. The molecule has 8 nitrogen and oxygen atoms in total. The fourth-order valence-corrected chi connectivity index (χ4v) is 5.15. The minimum Gasteiger partial charge on any atom is -0.342 e. The third kappa shape index (κ3) is 5.71. The van der Waals surface area contributed by atoms with Gasteiger partial charge < -0.3 is 9.80 Å². The molecule has 2 aliphatic rings. The summed E-state index contributed by atoms with van der Waals surface area (Å²) in [5.41, 5.74) is -0.0993. The number of pyridine rings is 1. The van der Waals surface area contributed by atoms with E-state index in [4.69, 9.17) is 0 Å². The van der Waals surface area contributed by atoms with Crippen molar-refractivity contribution in [3.05, 3.63) is 59.5 Å². The second kappa shape index (κ2) is 10.5. The molecule has 2 aromatic heterocycles. The third-order valence-electron chi connectivity index (χ3n) is 7.22. The van der Waals surface area contributed by atoms with Gasteiger partial charge in [0.25, 0.3) is 0 Å². The van der Waals surface area contributed by atoms with Crippen molar-refractivity contribution in [2.45, 2.75) is 44.8 Å². The number of benzene rings is 1. The van der Waals surface area contributed by atoms with Crippen molar-refractivity contribution >= 4 is 28.5 Å². The van der Waals surface area contributed by atoms with Crippen LogP contribution in [0.25, 0.3) is 10.9 Å². The Morgan fingerprint density at radius 2 is 1.68 bits per heavy atom. The van der Waals surface area contributed by atoms with E-state index in [9.17, 15) is 27.6 Å². The van der Waals surface area contributed by atoms with E-state index in [0.29, 0.717) is 37.0 Å². The topological polar surface area (TPSA) is 88.4 Å². The molecule has 4 heterocycles. The molecule has 11 heteroatoms. The molecule has 0 radical (unpaired) electrons. The number of carbonyl (C=O) groups is 3. The van der Waals surface area contributed by atoms with Gasteiger partial charge in [-0.15, -0.1) is 0 Å². The van der Waals surface area contributed by atoms with Crippen molar-refractivity contribution in [1.29, 1.82) is 0 Å². The van der Waals surface area contributed by atoms with E-state index in [1.807, 2.05) is 4.90 Å². The Hall–Kier alpha value is -3.76. The molecule has 0 atom stereocenters. The van der Waals surface area contributed by atoms with Crippen LogP contribution in [0.5, 0.6) is 0 Å². The molecule has 200 valence electrons. The van der Waals surface area contributed by atoms with E-state index >= 15 is 0 Å². The van der Waals surface area contributed by atoms with Crippen LogP contribution in [0.4, 0.5) is 13.2 Å². The zero-order chi connectivity index (χ0) is 26.9. The Morgan fingerprint density at radius 3 is 2.39 bits per heavy atom. The molecule has 2 aliphatic heterocycles. The summed E-state index contributed by atoms with van der Waals surface area (Å²) in [6, 6.07) is 8.41. The highest BCUT2D eigenvalue weighted by molar-refractivity contribution is 5.96. The predicted octanol–water partition coefficient (Wildman–Crippen LogP) is 3.74. The van der Waals surface area contributed by atoms with Gasteiger partial charge in [-0.2, -0.15) is 18.3 Å². The van der Waals surface area contributed by atoms with Gasteiger partial charge >= 0.3 is 6.18 Å². The number of hydrogen-bond donors (Lipinski definition) is 0. The van der Waals surface area contributed by atoms with E-state index in [1.165, 1.54) is 12.1 Å². The highest BCUT2D eigenvalue weighted by Gasteiger charge is 2.33. The summed E-state index contributed by atoms with van der Waals surface area (Å²) in [7, 11) is 0. The van der Waals surface area contributed by atoms with Gasteiger partial charge in [0.2, 0.25) is 11.8 Å². The molecule has 0 N–H and O–H groups in total. The van der Waals surface area contributed by atoms with Crippen molar-refractivity contribution in [3.63, 3.8) is 0 Å². The second-order valence-electron chi connectivity index (χ2n) is 9.91. The molecule has 2 saturated heterocycles. The first-order valence-electron chi connectivity index (χ1n) is 12.8. The van der Waals surface area contributed by atoms with E-state index in [1.54, 1.807) is 34.0 Å². The van der Waals surface area contributed by atoms with Gasteiger partial charge in [-0.1, -0.05) is 12.1 Å². The molecule has 2 amide bonds. The number of halogens is 3. The largest absolute Gasteiger partial charge is 0.433 e. The normalized spacial score (nSPS) is 16.8. The van der Waals surface area contributed by atoms with Crippen LogP contribution in [0.1, 0.15) is 47.4 Å². The Balaban J connectivity index is 1.18. The molecule has 0 aliphatic carbocycles. The highest BCUT2D eigenvalue weighted by atomic mass is 19.4. The number of fused-ring (bicyclic) bond motifs is 1. The van der Waals surface area contributed by atoms with Crippen LogP contribution in [0, 0.1) is 5.92 Å². The van der Waals surface area contributed by atoms with Gasteiger partial charge in [0.15, 0.2) is 5.78 Å². The summed E-state index contributed by atoms with van der Waals surface area (Å²) in [6.45, 7) is 2.81. The molecular weight excluding hydrogens is 499 g/mol. The van der Waals surface area contributed by atoms with Gasteiger partial charge in [0.05, 0.1) is 5.52 Å². The van der Waals surface area contributed by atoms with Crippen molar-refractivity contribution < 1.29 is 27.6 Å². The fourth-order valence-electron chi connectivity index (χ4n) is 5.15. The summed E-state index contributed by atoms with van der Waals surface area (Å²) < 4.78 is 40.3. The number of alkyl halides is 3. The summed E-state index contributed by atoms with van der Waals surface area (Å²) in [5, 5.41) is 5.16. The standard InChI is InChI=1S/C27H28F3N5O3/c28-27(29,30)24-5-3-4-22(31-24)23(36)15-18-6-7-21-20(14-18)16-35(32-21)17-25(37)33-12-8-19(9-13-33)26(38)34-10-1-2-11-34/h3-7,14,16,19H,1-2,8-13,15,17H2. The Kier molecular flexibility index (Phi) is 7.18. The first-order valence-corrected chi connectivity index (χ1v) is 12.8. The smallest absolute Gasteiger partial charge is 0.342 e. The summed E-state index contributed by atoms with van der Waals surface area (Å²) in [5.74, 6) is -0.400. The number of amides is 2. The molecular formula is C27H28F3N5O3. The number of likely N-dealkylation sites (tertiary alicyclic amines) is 2. The second-order valence-corrected chi connectivity index (χ2v) is 9.91. The van der Waals surface area contributed by atoms with Gasteiger partial charge in [-0.3, -0.25) is 19.1 Å². The zero-order valence-electron chi connectivity index (χ0n) is 20.8. The predicted molar refractivity (Wildman–Crippen MR) is 132 cm³/mol. The molecule has 0 spiro atoms. The minimum absolute atomic E-state index is 0.0169. The average molecular weight is 528 g/mol. The van der Waals surface area contributed by atoms with E-state index in [0.717, 1.165) is 37.4 Å². The number of rotatable bonds is 6. The van der Waals surface area contributed by atoms with Crippen LogP contribution in [0.3, 0.4) is 0 Å². The maximum atomic E-state index is 12.9. The van der Waals surface area contributed by atoms with E-state index in [2.05, 4.69) is 10.1 Å².